The van der Waals surface area contributed by atoms with E-state index < -0.39 is 5.76 Å². The van der Waals surface area contributed by atoms with Gasteiger partial charge in [0.1, 0.15) is 6.54 Å². The highest BCUT2D eigenvalue weighted by Gasteiger charge is 2.24. The van der Waals surface area contributed by atoms with Crippen LogP contribution in [0.5, 0.6) is 0 Å². The molecule has 9 heteroatoms. The number of imidazole rings is 1. The van der Waals surface area contributed by atoms with Gasteiger partial charge < -0.3 is 9.47 Å². The molecular formula is C19H20F2N4OS2. The number of para-hydroxylation sites is 2. The first-order chi connectivity index (χ1) is 13.6. The Balaban J connectivity index is 1.42. The summed E-state index contributed by atoms with van der Waals surface area (Å²) in [5.41, 5.74) is 1.33. The first-order valence-electron chi connectivity index (χ1n) is 9.03. The quantitative estimate of drug-likeness (QED) is 0.568. The Labute approximate surface area is 169 Å². The maximum atomic E-state index is 12.9. The molecule has 1 fully saturated rings. The van der Waals surface area contributed by atoms with Crippen molar-refractivity contribution in [2.45, 2.75) is 24.0 Å². The third-order valence-corrected chi connectivity index (χ3v) is 6.35. The van der Waals surface area contributed by atoms with Gasteiger partial charge in [0.05, 0.1) is 11.0 Å². The van der Waals surface area contributed by atoms with Gasteiger partial charge in [-0.05, 0) is 35.3 Å². The number of rotatable bonds is 6. The molecular weight excluding hydrogens is 402 g/mol. The van der Waals surface area contributed by atoms with Crippen molar-refractivity contribution < 1.29 is 13.6 Å². The highest BCUT2D eigenvalue weighted by atomic mass is 32.2. The largest absolute Gasteiger partial charge is 0.339 e. The number of carbonyl (C=O) groups is 1. The maximum Gasteiger partial charge on any atom is 0.291 e. The van der Waals surface area contributed by atoms with E-state index in [0.717, 1.165) is 19.6 Å². The fraction of sp³-hybridized carbons (Fsp3) is 0.368. The van der Waals surface area contributed by atoms with Crippen LogP contribution < -0.4 is 0 Å². The molecule has 1 aliphatic rings. The molecule has 0 bridgehead atoms. The topological polar surface area (TPSA) is 41.4 Å². The number of aromatic nitrogens is 2. The van der Waals surface area contributed by atoms with Gasteiger partial charge in [-0.2, -0.15) is 8.78 Å². The fourth-order valence-corrected chi connectivity index (χ4v) is 4.74. The lowest BCUT2D eigenvalue weighted by atomic mass is 10.3. The predicted octanol–water partition coefficient (Wildman–Crippen LogP) is 3.76. The Kier molecular flexibility index (Phi) is 5.93. The number of hydrogen-bond donors (Lipinski definition) is 0. The number of benzene rings is 1. The summed E-state index contributed by atoms with van der Waals surface area (Å²) in [6, 6.07) is 11.4. The van der Waals surface area contributed by atoms with Crippen LogP contribution in [0.4, 0.5) is 8.78 Å². The molecule has 0 aliphatic carbocycles. The van der Waals surface area contributed by atoms with Gasteiger partial charge in [-0.15, -0.1) is 11.3 Å². The minimum atomic E-state index is -2.58. The molecule has 0 spiro atoms. The molecule has 4 rings (SSSR count). The number of thiophene rings is 1. The molecule has 1 amide bonds. The zero-order valence-electron chi connectivity index (χ0n) is 15.1. The predicted molar refractivity (Wildman–Crippen MR) is 108 cm³/mol. The molecule has 1 aromatic carbocycles. The summed E-state index contributed by atoms with van der Waals surface area (Å²) in [6.45, 7) is 3.85. The second kappa shape index (κ2) is 8.59. The van der Waals surface area contributed by atoms with Gasteiger partial charge in [0.15, 0.2) is 5.16 Å². The first kappa shape index (κ1) is 19.4. The van der Waals surface area contributed by atoms with Gasteiger partial charge in [-0.3, -0.25) is 9.69 Å². The summed E-state index contributed by atoms with van der Waals surface area (Å²) in [4.78, 5) is 22.6. The minimum Gasteiger partial charge on any atom is -0.339 e. The van der Waals surface area contributed by atoms with Crippen LogP contribution in [-0.2, 0) is 17.9 Å². The minimum absolute atomic E-state index is 0.0283. The van der Waals surface area contributed by atoms with E-state index in [1.165, 1.54) is 4.88 Å². The van der Waals surface area contributed by atoms with E-state index in [1.807, 2.05) is 29.2 Å². The van der Waals surface area contributed by atoms with Gasteiger partial charge in [-0.1, -0.05) is 18.2 Å². The van der Waals surface area contributed by atoms with Gasteiger partial charge in [0.25, 0.3) is 5.76 Å². The standard InChI is InChI=1S/C19H20F2N4OS2/c20-18(21)28-19-22-15-5-1-2-6-16(15)25(19)13-17(26)24-9-7-23(8-10-24)12-14-4-3-11-27-14/h1-6,11,18H,7-10,12-13H2. The van der Waals surface area contributed by atoms with E-state index >= 15 is 0 Å². The number of carbonyl (C=O) groups excluding carboxylic acids is 1. The van der Waals surface area contributed by atoms with Gasteiger partial charge >= 0.3 is 0 Å². The molecule has 3 aromatic rings. The second-order valence-electron chi connectivity index (χ2n) is 6.58. The normalized spacial score (nSPS) is 15.6. The van der Waals surface area contributed by atoms with Gasteiger partial charge in [-0.25, -0.2) is 4.98 Å². The Morgan fingerprint density at radius 2 is 1.93 bits per heavy atom. The van der Waals surface area contributed by atoms with Crippen molar-refractivity contribution in [1.29, 1.82) is 0 Å². The first-order valence-corrected chi connectivity index (χ1v) is 10.8. The Hall–Kier alpha value is -1.97. The van der Waals surface area contributed by atoms with Crippen LogP contribution in [0.2, 0.25) is 0 Å². The van der Waals surface area contributed by atoms with Crippen molar-refractivity contribution in [3.05, 3.63) is 46.7 Å². The van der Waals surface area contributed by atoms with Crippen LogP contribution in [0.15, 0.2) is 46.9 Å². The molecule has 0 unspecified atom stereocenters. The molecule has 0 atom stereocenters. The van der Waals surface area contributed by atoms with Crippen LogP contribution in [0.3, 0.4) is 0 Å². The van der Waals surface area contributed by atoms with Crippen molar-refractivity contribution >= 4 is 40.0 Å². The van der Waals surface area contributed by atoms with Crippen LogP contribution in [0, 0.1) is 0 Å². The molecule has 0 N–H and O–H groups in total. The molecule has 2 aromatic heterocycles. The van der Waals surface area contributed by atoms with E-state index in [9.17, 15) is 13.6 Å². The van der Waals surface area contributed by atoms with Gasteiger partial charge in [0.2, 0.25) is 5.91 Å². The third kappa shape index (κ3) is 4.37. The molecule has 0 radical (unpaired) electrons. The molecule has 0 saturated carbocycles. The van der Waals surface area contributed by atoms with E-state index in [4.69, 9.17) is 0 Å². The molecule has 5 nitrogen and oxygen atoms in total. The number of amides is 1. The Morgan fingerprint density at radius 3 is 2.64 bits per heavy atom. The molecule has 28 heavy (non-hydrogen) atoms. The third-order valence-electron chi connectivity index (χ3n) is 4.79. The van der Waals surface area contributed by atoms with E-state index in [0.29, 0.717) is 35.9 Å². The molecule has 1 aliphatic heterocycles. The van der Waals surface area contributed by atoms with Crippen molar-refractivity contribution in [1.82, 2.24) is 19.4 Å². The van der Waals surface area contributed by atoms with Crippen LogP contribution in [0.1, 0.15) is 4.88 Å². The van der Waals surface area contributed by atoms with Crippen molar-refractivity contribution in [3.63, 3.8) is 0 Å². The number of thioether (sulfide) groups is 1. The zero-order valence-corrected chi connectivity index (χ0v) is 16.8. The summed E-state index contributed by atoms with van der Waals surface area (Å²) in [6.07, 6.45) is 0. The zero-order chi connectivity index (χ0) is 19.5. The number of nitrogens with zero attached hydrogens (tertiary/aromatic N) is 4. The summed E-state index contributed by atoms with van der Waals surface area (Å²) in [7, 11) is 0. The average Bonchev–Trinajstić information content (AvgIpc) is 3.30. The van der Waals surface area contributed by atoms with Crippen LogP contribution in [0.25, 0.3) is 11.0 Å². The summed E-state index contributed by atoms with van der Waals surface area (Å²) >= 11 is 2.12. The molecule has 148 valence electrons. The summed E-state index contributed by atoms with van der Waals surface area (Å²) < 4.78 is 27.5. The molecule has 3 heterocycles. The lowest BCUT2D eigenvalue weighted by molar-refractivity contribution is -0.133. The summed E-state index contributed by atoms with van der Waals surface area (Å²) in [5.74, 6) is -2.64. The number of hydrogen-bond acceptors (Lipinski definition) is 5. The van der Waals surface area contributed by atoms with E-state index in [2.05, 4.69) is 21.3 Å². The number of halogens is 2. The van der Waals surface area contributed by atoms with Gasteiger partial charge in [0, 0.05) is 37.6 Å². The Bertz CT molecular complexity index is 937. The fourth-order valence-electron chi connectivity index (χ4n) is 3.39. The number of fused-ring (bicyclic) bond motifs is 1. The second-order valence-corrected chi connectivity index (χ2v) is 8.57. The molecule has 1 saturated heterocycles. The highest BCUT2D eigenvalue weighted by Crippen LogP contribution is 2.28. The lowest BCUT2D eigenvalue weighted by Crippen LogP contribution is -2.49. The van der Waals surface area contributed by atoms with Crippen LogP contribution >= 0.6 is 23.1 Å². The number of alkyl halides is 2. The van der Waals surface area contributed by atoms with Crippen LogP contribution in [-0.4, -0.2) is 57.2 Å². The average molecular weight is 423 g/mol. The SMILES string of the molecule is O=C(Cn1c(SC(F)F)nc2ccccc21)N1CCN(Cc2cccs2)CC1. The summed E-state index contributed by atoms with van der Waals surface area (Å²) in [5, 5.41) is 2.25. The highest BCUT2D eigenvalue weighted by molar-refractivity contribution is 7.99. The number of piperazine rings is 1. The smallest absolute Gasteiger partial charge is 0.291 e. The Morgan fingerprint density at radius 1 is 1.14 bits per heavy atom. The van der Waals surface area contributed by atoms with Crippen molar-refractivity contribution in [2.75, 3.05) is 26.2 Å². The maximum absolute atomic E-state index is 12.9. The van der Waals surface area contributed by atoms with Crippen molar-refractivity contribution in [2.24, 2.45) is 0 Å². The van der Waals surface area contributed by atoms with E-state index in [-0.39, 0.29) is 17.6 Å². The monoisotopic (exact) mass is 422 g/mol. The lowest BCUT2D eigenvalue weighted by Gasteiger charge is -2.34. The van der Waals surface area contributed by atoms with Crippen molar-refractivity contribution in [3.8, 4) is 0 Å². The van der Waals surface area contributed by atoms with E-state index in [1.54, 1.807) is 22.0 Å².